The molecule has 12 heteroatoms. The summed E-state index contributed by atoms with van der Waals surface area (Å²) < 4.78 is 50.2. The Morgan fingerprint density at radius 2 is 1.75 bits per heavy atom. The number of nitrogens with zero attached hydrogens (tertiary/aromatic N) is 4. The maximum atomic E-state index is 13.0. The number of sulfonamides is 1. The maximum absolute atomic E-state index is 13.0. The molecule has 174 valence electrons. The number of carbonyl (C=O) groups excluding carboxylic acids is 2. The van der Waals surface area contributed by atoms with Gasteiger partial charge in [-0.2, -0.15) is 9.41 Å². The van der Waals surface area contributed by atoms with Crippen LogP contribution in [-0.4, -0.2) is 91.5 Å². The monoisotopic (exact) mass is 482 g/mol. The molecule has 32 heavy (non-hydrogen) atoms. The summed E-state index contributed by atoms with van der Waals surface area (Å²) in [5, 5.41) is 4.70. The van der Waals surface area contributed by atoms with E-state index in [2.05, 4.69) is 5.10 Å². The fourth-order valence-corrected chi connectivity index (χ4v) is 8.68. The molecular formula is C20H26N4O6S2. The first kappa shape index (κ1) is 22.9. The van der Waals surface area contributed by atoms with Crippen molar-refractivity contribution in [3.8, 4) is 0 Å². The van der Waals surface area contributed by atoms with Crippen molar-refractivity contribution in [3.63, 3.8) is 0 Å². The van der Waals surface area contributed by atoms with Crippen LogP contribution in [0.5, 0.6) is 0 Å². The third kappa shape index (κ3) is 4.86. The van der Waals surface area contributed by atoms with E-state index in [-0.39, 0.29) is 75.3 Å². The minimum atomic E-state index is -3.72. The van der Waals surface area contributed by atoms with Gasteiger partial charge in [0.2, 0.25) is 15.9 Å². The summed E-state index contributed by atoms with van der Waals surface area (Å²) in [6.45, 7) is 0.911. The van der Waals surface area contributed by atoms with E-state index in [1.54, 1.807) is 4.90 Å². The van der Waals surface area contributed by atoms with Gasteiger partial charge in [-0.05, 0) is 12.0 Å². The van der Waals surface area contributed by atoms with Gasteiger partial charge in [-0.3, -0.25) is 9.59 Å². The van der Waals surface area contributed by atoms with Crippen LogP contribution in [0.4, 0.5) is 0 Å². The van der Waals surface area contributed by atoms with E-state index in [1.807, 2.05) is 30.3 Å². The summed E-state index contributed by atoms with van der Waals surface area (Å²) >= 11 is 0. The fraction of sp³-hybridized carbons (Fsp3) is 0.550. The lowest BCUT2D eigenvalue weighted by Crippen LogP contribution is -2.54. The lowest BCUT2D eigenvalue weighted by molar-refractivity contribution is -0.132. The number of hydrogen-bond acceptors (Lipinski definition) is 7. The molecule has 3 heterocycles. The summed E-state index contributed by atoms with van der Waals surface area (Å²) in [5.41, 5.74) is 1.20. The van der Waals surface area contributed by atoms with Gasteiger partial charge < -0.3 is 4.90 Å². The van der Waals surface area contributed by atoms with Crippen LogP contribution in [0.1, 0.15) is 24.8 Å². The van der Waals surface area contributed by atoms with Crippen LogP contribution in [0, 0.1) is 0 Å². The van der Waals surface area contributed by atoms with Gasteiger partial charge in [0.05, 0.1) is 23.3 Å². The Labute approximate surface area is 187 Å². The summed E-state index contributed by atoms with van der Waals surface area (Å²) in [4.78, 5) is 26.8. The molecule has 2 fully saturated rings. The second-order valence-corrected chi connectivity index (χ2v) is 12.7. The van der Waals surface area contributed by atoms with Crippen molar-refractivity contribution in [2.24, 2.45) is 5.10 Å². The fourth-order valence-electron chi connectivity index (χ4n) is 4.17. The first-order chi connectivity index (χ1) is 15.2. The largest absolute Gasteiger partial charge is 0.335 e. The third-order valence-electron chi connectivity index (χ3n) is 6.02. The lowest BCUT2D eigenvalue weighted by Gasteiger charge is -2.35. The number of hydrogen-bond donors (Lipinski definition) is 0. The van der Waals surface area contributed by atoms with Crippen LogP contribution in [-0.2, 0) is 36.0 Å². The molecule has 0 N–H and O–H groups in total. The zero-order chi connectivity index (χ0) is 22.9. The van der Waals surface area contributed by atoms with Crippen molar-refractivity contribution in [1.82, 2.24) is 14.2 Å². The first-order valence-electron chi connectivity index (χ1n) is 10.6. The van der Waals surface area contributed by atoms with Crippen molar-refractivity contribution < 1.29 is 26.4 Å². The zero-order valence-electron chi connectivity index (χ0n) is 17.6. The van der Waals surface area contributed by atoms with Gasteiger partial charge in [0, 0.05) is 39.0 Å². The van der Waals surface area contributed by atoms with Gasteiger partial charge in [0.15, 0.2) is 9.84 Å². The molecule has 0 spiro atoms. The van der Waals surface area contributed by atoms with Crippen molar-refractivity contribution >= 4 is 37.4 Å². The molecule has 3 aliphatic heterocycles. The molecule has 3 aliphatic rings. The second kappa shape index (κ2) is 8.91. The highest BCUT2D eigenvalue weighted by Crippen LogP contribution is 2.23. The minimum absolute atomic E-state index is 0.104. The average molecular weight is 483 g/mol. The van der Waals surface area contributed by atoms with Gasteiger partial charge in [0.25, 0.3) is 5.91 Å². The number of rotatable bonds is 5. The molecule has 1 unspecified atom stereocenters. The van der Waals surface area contributed by atoms with E-state index in [0.717, 1.165) is 5.56 Å². The van der Waals surface area contributed by atoms with Gasteiger partial charge in [-0.1, -0.05) is 30.3 Å². The topological polar surface area (TPSA) is 124 Å². The molecule has 0 aromatic heterocycles. The highest BCUT2D eigenvalue weighted by atomic mass is 32.2. The van der Waals surface area contributed by atoms with Gasteiger partial charge in [-0.25, -0.2) is 21.8 Å². The standard InChI is InChI=1S/C20H26N4O6S2/c25-19-7-6-18(21-24(19)14-16-4-2-1-3-5-16)20(26)22-9-11-23(12-10-22)32(29,30)17-8-13-31(27,28)15-17/h1-5,17H,6-15H2. The Bertz CT molecular complexity index is 1130. The molecule has 0 saturated carbocycles. The molecule has 2 saturated heterocycles. The Balaban J connectivity index is 1.38. The van der Waals surface area contributed by atoms with Crippen LogP contribution in [0.2, 0.25) is 0 Å². The molecule has 0 aliphatic carbocycles. The quantitative estimate of drug-likeness (QED) is 0.574. The van der Waals surface area contributed by atoms with Crippen LogP contribution in [0.15, 0.2) is 35.4 Å². The van der Waals surface area contributed by atoms with E-state index in [0.29, 0.717) is 5.71 Å². The average Bonchev–Trinajstić information content (AvgIpc) is 3.16. The number of carbonyl (C=O) groups is 2. The van der Waals surface area contributed by atoms with Crippen molar-refractivity contribution in [1.29, 1.82) is 0 Å². The predicted molar refractivity (Wildman–Crippen MR) is 118 cm³/mol. The second-order valence-electron chi connectivity index (χ2n) is 8.24. The van der Waals surface area contributed by atoms with Crippen LogP contribution in [0.25, 0.3) is 0 Å². The SMILES string of the molecule is O=C(C1=NN(Cc2ccccc2)C(=O)CC1)N1CCN(S(=O)(=O)C2CCS(=O)(=O)C2)CC1. The van der Waals surface area contributed by atoms with Gasteiger partial charge >= 0.3 is 0 Å². The summed E-state index contributed by atoms with van der Waals surface area (Å²) in [7, 11) is -7.03. The smallest absolute Gasteiger partial charge is 0.270 e. The highest BCUT2D eigenvalue weighted by Gasteiger charge is 2.42. The molecule has 0 radical (unpaired) electrons. The van der Waals surface area contributed by atoms with Crippen LogP contribution in [0.3, 0.4) is 0 Å². The number of hydrazone groups is 1. The predicted octanol–water partition coefficient (Wildman–Crippen LogP) is -0.174. The molecule has 1 aromatic rings. The molecule has 1 aromatic carbocycles. The first-order valence-corrected chi connectivity index (χ1v) is 13.9. The van der Waals surface area contributed by atoms with E-state index >= 15 is 0 Å². The molecule has 1 atom stereocenters. The number of piperazine rings is 1. The Kier molecular flexibility index (Phi) is 6.37. The highest BCUT2D eigenvalue weighted by molar-refractivity contribution is 7.95. The maximum Gasteiger partial charge on any atom is 0.270 e. The number of sulfone groups is 1. The Morgan fingerprint density at radius 1 is 1.06 bits per heavy atom. The van der Waals surface area contributed by atoms with Crippen LogP contribution >= 0.6 is 0 Å². The zero-order valence-corrected chi connectivity index (χ0v) is 19.2. The summed E-state index contributed by atoms with van der Waals surface area (Å²) in [5.74, 6) is -0.881. The molecule has 4 rings (SSSR count). The van der Waals surface area contributed by atoms with Gasteiger partial charge in [-0.15, -0.1) is 0 Å². The number of benzene rings is 1. The van der Waals surface area contributed by atoms with Crippen LogP contribution < -0.4 is 0 Å². The van der Waals surface area contributed by atoms with Gasteiger partial charge in [0.1, 0.15) is 5.71 Å². The molecular weight excluding hydrogens is 456 g/mol. The lowest BCUT2D eigenvalue weighted by atomic mass is 10.1. The minimum Gasteiger partial charge on any atom is -0.335 e. The normalized spacial score (nSPS) is 24.4. The molecule has 2 amide bonds. The van der Waals surface area contributed by atoms with E-state index < -0.39 is 25.1 Å². The van der Waals surface area contributed by atoms with E-state index in [9.17, 15) is 26.4 Å². The summed E-state index contributed by atoms with van der Waals surface area (Å²) in [6, 6.07) is 9.38. The van der Waals surface area contributed by atoms with Crippen molar-refractivity contribution in [2.75, 3.05) is 37.7 Å². The Morgan fingerprint density at radius 3 is 2.38 bits per heavy atom. The summed E-state index contributed by atoms with van der Waals surface area (Å²) in [6.07, 6.45) is 0.565. The van der Waals surface area contributed by atoms with E-state index in [4.69, 9.17) is 0 Å². The third-order valence-corrected chi connectivity index (χ3v) is 10.3. The van der Waals surface area contributed by atoms with Crippen molar-refractivity contribution in [2.45, 2.75) is 31.1 Å². The molecule has 10 nitrogen and oxygen atoms in total. The molecule has 0 bridgehead atoms. The van der Waals surface area contributed by atoms with E-state index in [1.165, 1.54) is 9.31 Å². The Hall–Kier alpha value is -2.31. The van der Waals surface area contributed by atoms with Crippen molar-refractivity contribution in [3.05, 3.63) is 35.9 Å². The number of amides is 2.